The summed E-state index contributed by atoms with van der Waals surface area (Å²) in [5.41, 5.74) is 0. The van der Waals surface area contributed by atoms with E-state index in [0.29, 0.717) is 6.04 Å². The number of carbonyl (C=O) groups excluding carboxylic acids is 2. The molecule has 128 valence electrons. The second kappa shape index (κ2) is 11.5. The first-order valence-corrected chi connectivity index (χ1v) is 9.24. The number of rotatable bonds is 10. The Bertz CT molecular complexity index is 325. The first-order chi connectivity index (χ1) is 10.7. The number of unbranched alkanes of at least 4 members (excludes halogenated alkanes) is 3. The van der Waals surface area contributed by atoms with E-state index in [4.69, 9.17) is 0 Å². The van der Waals surface area contributed by atoms with Crippen molar-refractivity contribution in [2.75, 3.05) is 6.54 Å². The van der Waals surface area contributed by atoms with Crippen LogP contribution in [0.4, 0.5) is 0 Å². The molecule has 0 aliphatic heterocycles. The minimum absolute atomic E-state index is 0.0396. The standard InChI is InChI=1S/C18H34N2O2/c1-3-5-6-8-11-15(4-2)18(22)19-14-17(21)20-16-12-9-7-10-13-16/h15-16H,3-14H2,1-2H3,(H,19,22)(H,20,21). The summed E-state index contributed by atoms with van der Waals surface area (Å²) in [5, 5.41) is 5.85. The van der Waals surface area contributed by atoms with E-state index in [1.807, 2.05) is 6.92 Å². The molecule has 2 amide bonds. The van der Waals surface area contributed by atoms with E-state index < -0.39 is 0 Å². The lowest BCUT2D eigenvalue weighted by molar-refractivity contribution is -0.129. The van der Waals surface area contributed by atoms with Crippen molar-refractivity contribution in [3.05, 3.63) is 0 Å². The highest BCUT2D eigenvalue weighted by Gasteiger charge is 2.18. The number of hydrogen-bond acceptors (Lipinski definition) is 2. The van der Waals surface area contributed by atoms with E-state index >= 15 is 0 Å². The molecule has 22 heavy (non-hydrogen) atoms. The molecule has 4 heteroatoms. The Morgan fingerprint density at radius 1 is 1.05 bits per heavy atom. The van der Waals surface area contributed by atoms with Crippen molar-refractivity contribution >= 4 is 11.8 Å². The summed E-state index contributed by atoms with van der Waals surface area (Å²) in [6.07, 6.45) is 12.4. The molecule has 1 saturated carbocycles. The lowest BCUT2D eigenvalue weighted by Crippen LogP contribution is -2.43. The van der Waals surface area contributed by atoms with Crippen LogP contribution in [-0.4, -0.2) is 24.4 Å². The van der Waals surface area contributed by atoms with Crippen LogP contribution in [0.2, 0.25) is 0 Å². The molecule has 0 aromatic rings. The topological polar surface area (TPSA) is 58.2 Å². The molecule has 1 aliphatic rings. The summed E-state index contributed by atoms with van der Waals surface area (Å²) in [6, 6.07) is 0.314. The Balaban J connectivity index is 2.19. The Morgan fingerprint density at radius 3 is 2.41 bits per heavy atom. The van der Waals surface area contributed by atoms with Gasteiger partial charge in [0.15, 0.2) is 0 Å². The fourth-order valence-electron chi connectivity index (χ4n) is 3.18. The van der Waals surface area contributed by atoms with Gasteiger partial charge in [0.05, 0.1) is 6.54 Å². The molecule has 1 rings (SSSR count). The zero-order valence-corrected chi connectivity index (χ0v) is 14.5. The summed E-state index contributed by atoms with van der Waals surface area (Å²) in [5.74, 6) is 0.0539. The molecule has 0 radical (unpaired) electrons. The zero-order valence-electron chi connectivity index (χ0n) is 14.5. The second-order valence-electron chi connectivity index (χ2n) is 6.57. The van der Waals surface area contributed by atoms with Crippen LogP contribution in [0.5, 0.6) is 0 Å². The van der Waals surface area contributed by atoms with Crippen LogP contribution in [0.3, 0.4) is 0 Å². The molecular formula is C18H34N2O2. The molecule has 0 bridgehead atoms. The van der Waals surface area contributed by atoms with Gasteiger partial charge in [0.2, 0.25) is 11.8 Å². The lowest BCUT2D eigenvalue weighted by Gasteiger charge is -2.23. The first-order valence-electron chi connectivity index (χ1n) is 9.24. The first kappa shape index (κ1) is 19.0. The van der Waals surface area contributed by atoms with Gasteiger partial charge < -0.3 is 10.6 Å². The normalized spacial score (nSPS) is 17.0. The van der Waals surface area contributed by atoms with Gasteiger partial charge in [-0.2, -0.15) is 0 Å². The molecule has 1 unspecified atom stereocenters. The van der Waals surface area contributed by atoms with Crippen molar-refractivity contribution < 1.29 is 9.59 Å². The average molecular weight is 310 g/mol. The zero-order chi connectivity index (χ0) is 16.2. The van der Waals surface area contributed by atoms with Crippen molar-refractivity contribution in [1.82, 2.24) is 10.6 Å². The van der Waals surface area contributed by atoms with Gasteiger partial charge in [-0.3, -0.25) is 9.59 Å². The fourth-order valence-corrected chi connectivity index (χ4v) is 3.18. The Hall–Kier alpha value is -1.06. The van der Waals surface area contributed by atoms with Gasteiger partial charge >= 0.3 is 0 Å². The highest BCUT2D eigenvalue weighted by Crippen LogP contribution is 2.17. The Kier molecular flexibility index (Phi) is 9.93. The molecule has 0 aromatic carbocycles. The number of hydrogen-bond donors (Lipinski definition) is 2. The third kappa shape index (κ3) is 7.81. The van der Waals surface area contributed by atoms with Crippen molar-refractivity contribution in [2.45, 2.75) is 90.5 Å². The van der Waals surface area contributed by atoms with Crippen LogP contribution >= 0.6 is 0 Å². The van der Waals surface area contributed by atoms with Crippen LogP contribution in [0.1, 0.15) is 84.5 Å². The lowest BCUT2D eigenvalue weighted by atomic mass is 9.95. The molecule has 0 heterocycles. The van der Waals surface area contributed by atoms with Crippen LogP contribution in [0, 0.1) is 5.92 Å². The van der Waals surface area contributed by atoms with E-state index in [1.165, 1.54) is 38.5 Å². The monoisotopic (exact) mass is 310 g/mol. The third-order valence-electron chi connectivity index (χ3n) is 4.66. The SMILES string of the molecule is CCCCCCC(CC)C(=O)NCC(=O)NC1CCCCC1. The second-order valence-corrected chi connectivity index (χ2v) is 6.57. The maximum absolute atomic E-state index is 12.1. The average Bonchev–Trinajstić information content (AvgIpc) is 2.54. The van der Waals surface area contributed by atoms with Gasteiger partial charge in [-0.05, 0) is 25.7 Å². The number of nitrogens with one attached hydrogen (secondary N) is 2. The molecule has 4 nitrogen and oxygen atoms in total. The fraction of sp³-hybridized carbons (Fsp3) is 0.889. The summed E-state index contributed by atoms with van der Waals surface area (Å²) in [7, 11) is 0. The van der Waals surface area contributed by atoms with E-state index in [2.05, 4.69) is 17.6 Å². The van der Waals surface area contributed by atoms with Crippen molar-refractivity contribution in [1.29, 1.82) is 0 Å². The Labute approximate surface area is 135 Å². The summed E-state index contributed by atoms with van der Waals surface area (Å²) >= 11 is 0. The molecule has 1 fully saturated rings. The molecule has 1 atom stereocenters. The van der Waals surface area contributed by atoms with Gasteiger partial charge in [0, 0.05) is 12.0 Å². The van der Waals surface area contributed by atoms with Crippen molar-refractivity contribution in [3.63, 3.8) is 0 Å². The summed E-state index contributed by atoms with van der Waals surface area (Å²) in [6.45, 7) is 4.36. The van der Waals surface area contributed by atoms with Gasteiger partial charge in [0.1, 0.15) is 0 Å². The highest BCUT2D eigenvalue weighted by atomic mass is 16.2. The van der Waals surface area contributed by atoms with Gasteiger partial charge in [-0.25, -0.2) is 0 Å². The molecule has 0 aromatic heterocycles. The van der Waals surface area contributed by atoms with E-state index in [1.54, 1.807) is 0 Å². The number of carbonyl (C=O) groups is 2. The molecule has 0 spiro atoms. The smallest absolute Gasteiger partial charge is 0.239 e. The predicted octanol–water partition coefficient (Wildman–Crippen LogP) is 3.55. The van der Waals surface area contributed by atoms with E-state index in [9.17, 15) is 9.59 Å². The molecule has 0 saturated heterocycles. The van der Waals surface area contributed by atoms with Crippen LogP contribution in [0.25, 0.3) is 0 Å². The minimum Gasteiger partial charge on any atom is -0.352 e. The number of amides is 2. The highest BCUT2D eigenvalue weighted by molar-refractivity contribution is 5.85. The van der Waals surface area contributed by atoms with Crippen LogP contribution in [-0.2, 0) is 9.59 Å². The summed E-state index contributed by atoms with van der Waals surface area (Å²) in [4.78, 5) is 24.0. The maximum atomic E-state index is 12.1. The molecular weight excluding hydrogens is 276 g/mol. The van der Waals surface area contributed by atoms with Crippen LogP contribution < -0.4 is 10.6 Å². The quantitative estimate of drug-likeness (QED) is 0.606. The van der Waals surface area contributed by atoms with Gasteiger partial charge in [-0.1, -0.05) is 58.8 Å². The van der Waals surface area contributed by atoms with Crippen LogP contribution in [0.15, 0.2) is 0 Å². The van der Waals surface area contributed by atoms with Gasteiger partial charge in [-0.15, -0.1) is 0 Å². The predicted molar refractivity (Wildman–Crippen MR) is 90.6 cm³/mol. The maximum Gasteiger partial charge on any atom is 0.239 e. The third-order valence-corrected chi connectivity index (χ3v) is 4.66. The Morgan fingerprint density at radius 2 is 1.77 bits per heavy atom. The van der Waals surface area contributed by atoms with Crippen molar-refractivity contribution in [3.8, 4) is 0 Å². The van der Waals surface area contributed by atoms with E-state index in [0.717, 1.165) is 32.1 Å². The van der Waals surface area contributed by atoms with E-state index in [-0.39, 0.29) is 24.3 Å². The van der Waals surface area contributed by atoms with Gasteiger partial charge in [0.25, 0.3) is 0 Å². The molecule has 1 aliphatic carbocycles. The minimum atomic E-state index is -0.0407. The summed E-state index contributed by atoms with van der Waals surface area (Å²) < 4.78 is 0. The largest absolute Gasteiger partial charge is 0.352 e. The van der Waals surface area contributed by atoms with Crippen molar-refractivity contribution in [2.24, 2.45) is 5.92 Å². The molecule has 2 N–H and O–H groups in total.